The van der Waals surface area contributed by atoms with Crippen LogP contribution in [0.3, 0.4) is 0 Å². The summed E-state index contributed by atoms with van der Waals surface area (Å²) in [5, 5.41) is 9.79. The number of morpholine rings is 1. The number of carbonyl (C=O) groups is 1. The van der Waals surface area contributed by atoms with Gasteiger partial charge in [-0.1, -0.05) is 18.2 Å². The molecule has 2 N–H and O–H groups in total. The fourth-order valence-electron chi connectivity index (χ4n) is 4.13. The van der Waals surface area contributed by atoms with Gasteiger partial charge in [-0.3, -0.25) is 9.69 Å². The standard InChI is InChI=1S/C21H26F3N5O3/c1-31-17-5-3-2-4-14(17)16-12-18(21(22,23)24)29-19(27-16)15(13-26-29)20(30)25-6-7-28-8-10-32-11-9-28/h2-5,13,16,18,27H,6-12H2,1H3,(H,25,30)/t16-,18-/m0/s1. The second kappa shape index (κ2) is 9.37. The van der Waals surface area contributed by atoms with Crippen LogP contribution in [0.4, 0.5) is 19.0 Å². The Bertz CT molecular complexity index is 943. The molecule has 0 saturated carbocycles. The van der Waals surface area contributed by atoms with Gasteiger partial charge in [0.15, 0.2) is 6.04 Å². The Kier molecular flexibility index (Phi) is 6.56. The van der Waals surface area contributed by atoms with E-state index in [1.54, 1.807) is 24.3 Å². The van der Waals surface area contributed by atoms with E-state index in [0.717, 1.165) is 17.8 Å². The monoisotopic (exact) mass is 453 g/mol. The molecule has 2 aliphatic rings. The number of anilines is 1. The summed E-state index contributed by atoms with van der Waals surface area (Å²) in [5.74, 6) is 0.0716. The third kappa shape index (κ3) is 4.68. The predicted octanol–water partition coefficient (Wildman–Crippen LogP) is 2.61. The van der Waals surface area contributed by atoms with Crippen molar-refractivity contribution in [3.8, 4) is 5.75 Å². The highest BCUT2D eigenvalue weighted by Gasteiger charge is 2.47. The number of carbonyl (C=O) groups excluding carboxylic acids is 1. The zero-order chi connectivity index (χ0) is 22.7. The Balaban J connectivity index is 1.55. The number of rotatable bonds is 6. The quantitative estimate of drug-likeness (QED) is 0.700. The molecule has 1 aromatic heterocycles. The molecule has 0 radical (unpaired) electrons. The second-order valence-electron chi connectivity index (χ2n) is 7.79. The zero-order valence-electron chi connectivity index (χ0n) is 17.7. The van der Waals surface area contributed by atoms with Gasteiger partial charge in [0.2, 0.25) is 0 Å². The molecule has 1 saturated heterocycles. The number of fused-ring (bicyclic) bond motifs is 1. The molecule has 32 heavy (non-hydrogen) atoms. The number of amides is 1. The summed E-state index contributed by atoms with van der Waals surface area (Å²) in [6.07, 6.45) is -3.60. The van der Waals surface area contributed by atoms with Crippen molar-refractivity contribution >= 4 is 11.7 Å². The van der Waals surface area contributed by atoms with Gasteiger partial charge >= 0.3 is 6.18 Å². The summed E-state index contributed by atoms with van der Waals surface area (Å²) >= 11 is 0. The highest BCUT2D eigenvalue weighted by atomic mass is 19.4. The number of methoxy groups -OCH3 is 1. The number of nitrogens with one attached hydrogen (secondary N) is 2. The maximum absolute atomic E-state index is 13.9. The van der Waals surface area contributed by atoms with Crippen molar-refractivity contribution in [1.82, 2.24) is 20.0 Å². The van der Waals surface area contributed by atoms with Crippen LogP contribution in [0.1, 0.15) is 34.4 Å². The van der Waals surface area contributed by atoms with Crippen LogP contribution in [0.2, 0.25) is 0 Å². The highest BCUT2D eigenvalue weighted by Crippen LogP contribution is 2.45. The molecule has 2 atom stereocenters. The Morgan fingerprint density at radius 2 is 2.06 bits per heavy atom. The Morgan fingerprint density at radius 3 is 2.78 bits per heavy atom. The zero-order valence-corrected chi connectivity index (χ0v) is 17.7. The summed E-state index contributed by atoms with van der Waals surface area (Å²) in [6.45, 7) is 3.89. The fourth-order valence-corrected chi connectivity index (χ4v) is 4.13. The van der Waals surface area contributed by atoms with Crippen LogP contribution in [0, 0.1) is 0 Å². The molecular formula is C21H26F3N5O3. The maximum Gasteiger partial charge on any atom is 0.410 e. The number of para-hydroxylation sites is 1. The van der Waals surface area contributed by atoms with E-state index < -0.39 is 24.2 Å². The lowest BCUT2D eigenvalue weighted by Gasteiger charge is -2.34. The lowest BCUT2D eigenvalue weighted by molar-refractivity contribution is -0.173. The van der Waals surface area contributed by atoms with Gasteiger partial charge in [-0.15, -0.1) is 0 Å². The van der Waals surface area contributed by atoms with Crippen LogP contribution >= 0.6 is 0 Å². The van der Waals surface area contributed by atoms with Gasteiger partial charge in [0.1, 0.15) is 17.1 Å². The van der Waals surface area contributed by atoms with Gasteiger partial charge in [0, 0.05) is 38.2 Å². The summed E-state index contributed by atoms with van der Waals surface area (Å²) in [5.41, 5.74) is 0.677. The van der Waals surface area contributed by atoms with Gasteiger partial charge in [-0.2, -0.15) is 18.3 Å². The van der Waals surface area contributed by atoms with Crippen molar-refractivity contribution in [1.29, 1.82) is 0 Å². The molecule has 0 unspecified atom stereocenters. The van der Waals surface area contributed by atoms with Crippen molar-refractivity contribution in [3.63, 3.8) is 0 Å². The number of halogens is 3. The van der Waals surface area contributed by atoms with Crippen LogP contribution < -0.4 is 15.4 Å². The molecule has 3 heterocycles. The summed E-state index contributed by atoms with van der Waals surface area (Å²) in [6, 6.07) is 4.37. The summed E-state index contributed by atoms with van der Waals surface area (Å²) in [7, 11) is 1.47. The number of nitrogens with zero attached hydrogens (tertiary/aromatic N) is 3. The molecule has 0 aliphatic carbocycles. The number of hydrogen-bond acceptors (Lipinski definition) is 6. The number of benzene rings is 1. The predicted molar refractivity (Wildman–Crippen MR) is 111 cm³/mol. The van der Waals surface area contributed by atoms with E-state index >= 15 is 0 Å². The minimum Gasteiger partial charge on any atom is -0.496 e. The minimum atomic E-state index is -4.52. The Labute approximate surface area is 183 Å². The van der Waals surface area contributed by atoms with Crippen LogP contribution in [0.25, 0.3) is 0 Å². The van der Waals surface area contributed by atoms with E-state index in [-0.39, 0.29) is 17.8 Å². The smallest absolute Gasteiger partial charge is 0.410 e. The fraction of sp³-hybridized carbons (Fsp3) is 0.524. The lowest BCUT2D eigenvalue weighted by Crippen LogP contribution is -2.41. The van der Waals surface area contributed by atoms with Gasteiger partial charge < -0.3 is 20.1 Å². The molecular weight excluding hydrogens is 427 g/mol. The normalized spacial score (nSPS) is 21.5. The lowest BCUT2D eigenvalue weighted by atomic mass is 9.95. The SMILES string of the molecule is COc1ccccc1[C@@H]1C[C@@H](C(F)(F)F)n2ncc(C(=O)NCCN3CCOCC3)c2N1. The maximum atomic E-state index is 13.9. The second-order valence-corrected chi connectivity index (χ2v) is 7.79. The van der Waals surface area contributed by atoms with Crippen LogP contribution in [0.5, 0.6) is 5.75 Å². The van der Waals surface area contributed by atoms with E-state index in [1.807, 2.05) is 0 Å². The van der Waals surface area contributed by atoms with Crippen molar-refractivity contribution in [2.45, 2.75) is 24.7 Å². The molecule has 1 aromatic carbocycles. The third-order valence-electron chi connectivity index (χ3n) is 5.81. The molecule has 0 spiro atoms. The minimum absolute atomic E-state index is 0.0540. The summed E-state index contributed by atoms with van der Waals surface area (Å²) in [4.78, 5) is 14.9. The first-order chi connectivity index (χ1) is 15.4. The summed E-state index contributed by atoms with van der Waals surface area (Å²) < 4.78 is 53.1. The Morgan fingerprint density at radius 1 is 1.31 bits per heavy atom. The number of alkyl halides is 3. The molecule has 1 fully saturated rings. The van der Waals surface area contributed by atoms with E-state index in [1.165, 1.54) is 13.3 Å². The van der Waals surface area contributed by atoms with E-state index in [0.29, 0.717) is 37.6 Å². The average Bonchev–Trinajstić information content (AvgIpc) is 3.22. The van der Waals surface area contributed by atoms with E-state index in [2.05, 4.69) is 20.6 Å². The van der Waals surface area contributed by atoms with E-state index in [4.69, 9.17) is 9.47 Å². The molecule has 2 aromatic rings. The van der Waals surface area contributed by atoms with Crippen molar-refractivity contribution in [2.75, 3.05) is 51.8 Å². The van der Waals surface area contributed by atoms with Crippen LogP contribution in [-0.2, 0) is 4.74 Å². The largest absolute Gasteiger partial charge is 0.496 e. The number of aromatic nitrogens is 2. The van der Waals surface area contributed by atoms with Crippen molar-refractivity contribution < 1.29 is 27.4 Å². The number of ether oxygens (including phenoxy) is 2. The van der Waals surface area contributed by atoms with E-state index in [9.17, 15) is 18.0 Å². The molecule has 0 bridgehead atoms. The molecule has 8 nitrogen and oxygen atoms in total. The number of hydrogen-bond donors (Lipinski definition) is 2. The molecule has 174 valence electrons. The topological polar surface area (TPSA) is 80.7 Å². The Hall–Kier alpha value is -2.79. The first-order valence-corrected chi connectivity index (χ1v) is 10.5. The third-order valence-corrected chi connectivity index (χ3v) is 5.81. The van der Waals surface area contributed by atoms with Crippen molar-refractivity contribution in [2.24, 2.45) is 0 Å². The van der Waals surface area contributed by atoms with Crippen LogP contribution in [0.15, 0.2) is 30.5 Å². The van der Waals surface area contributed by atoms with Gasteiger partial charge in [-0.25, -0.2) is 4.68 Å². The molecule has 4 rings (SSSR count). The highest BCUT2D eigenvalue weighted by molar-refractivity contribution is 5.98. The van der Waals surface area contributed by atoms with Gasteiger partial charge in [0.05, 0.1) is 32.6 Å². The van der Waals surface area contributed by atoms with Crippen LogP contribution in [-0.4, -0.2) is 73.3 Å². The molecule has 1 amide bonds. The van der Waals surface area contributed by atoms with Gasteiger partial charge in [-0.05, 0) is 6.07 Å². The molecule has 2 aliphatic heterocycles. The first kappa shape index (κ1) is 22.4. The van der Waals surface area contributed by atoms with Crippen molar-refractivity contribution in [3.05, 3.63) is 41.6 Å². The van der Waals surface area contributed by atoms with Gasteiger partial charge in [0.25, 0.3) is 5.91 Å². The first-order valence-electron chi connectivity index (χ1n) is 10.5. The molecule has 11 heteroatoms. The average molecular weight is 453 g/mol.